The van der Waals surface area contributed by atoms with Crippen LogP contribution in [0.2, 0.25) is 0 Å². The molecule has 0 aliphatic rings. The van der Waals surface area contributed by atoms with Gasteiger partial charge in [-0.2, -0.15) is 0 Å². The summed E-state index contributed by atoms with van der Waals surface area (Å²) in [5.41, 5.74) is 0.680. The number of ether oxygens (including phenoxy) is 1. The number of carbonyl (C=O) groups is 2. The van der Waals surface area contributed by atoms with Gasteiger partial charge in [0.2, 0.25) is 16.8 Å². The van der Waals surface area contributed by atoms with Crippen molar-refractivity contribution < 1.29 is 23.3 Å². The average Bonchev–Trinajstić information content (AvgIpc) is 3.55. The van der Waals surface area contributed by atoms with Crippen molar-refractivity contribution in [2.45, 2.75) is 11.3 Å². The van der Waals surface area contributed by atoms with Crippen molar-refractivity contribution in [3.8, 4) is 17.3 Å². The summed E-state index contributed by atoms with van der Waals surface area (Å²) in [5.74, 6) is 0.829. The highest BCUT2D eigenvalue weighted by Crippen LogP contribution is 2.28. The van der Waals surface area contributed by atoms with Gasteiger partial charge in [0.1, 0.15) is 5.75 Å². The summed E-state index contributed by atoms with van der Waals surface area (Å²) in [4.78, 5) is 24.6. The number of nitrogens with one attached hydrogen (secondary N) is 2. The number of nitrogens with zero attached hydrogens (tertiary/aromatic N) is 3. The Hall–Kier alpha value is -3.64. The topological polar surface area (TPSA) is 132 Å². The maximum Gasteiger partial charge on any atom is 0.279 e. The summed E-state index contributed by atoms with van der Waals surface area (Å²) in [7, 11) is 0. The lowest BCUT2D eigenvalue weighted by atomic mass is 10.3. The summed E-state index contributed by atoms with van der Waals surface area (Å²) >= 11 is 2.35. The fourth-order valence-corrected chi connectivity index (χ4v) is 4.11. The van der Waals surface area contributed by atoms with Crippen molar-refractivity contribution in [1.82, 2.24) is 15.4 Å². The first-order chi connectivity index (χ1) is 15.6. The summed E-state index contributed by atoms with van der Waals surface area (Å²) in [6.45, 7) is 2.38. The number of thioether (sulfide) groups is 1. The van der Waals surface area contributed by atoms with Gasteiger partial charge < -0.3 is 19.0 Å². The highest BCUT2D eigenvalue weighted by molar-refractivity contribution is 8.01. The zero-order valence-corrected chi connectivity index (χ0v) is 18.4. The highest BCUT2D eigenvalue weighted by Gasteiger charge is 2.17. The van der Waals surface area contributed by atoms with Gasteiger partial charge in [0.05, 0.1) is 24.3 Å². The van der Waals surface area contributed by atoms with Gasteiger partial charge in [-0.15, -0.1) is 10.2 Å². The number of furan rings is 1. The summed E-state index contributed by atoms with van der Waals surface area (Å²) < 4.78 is 16.4. The lowest BCUT2D eigenvalue weighted by molar-refractivity contribution is -0.113. The van der Waals surface area contributed by atoms with Gasteiger partial charge in [0, 0.05) is 6.07 Å². The Balaban J connectivity index is 1.29. The number of hydrogen-bond acceptors (Lipinski definition) is 10. The molecule has 1 aromatic carbocycles. The van der Waals surface area contributed by atoms with Crippen LogP contribution < -0.4 is 15.4 Å². The van der Waals surface area contributed by atoms with E-state index in [0.717, 1.165) is 11.3 Å². The Morgan fingerprint density at radius 2 is 2.00 bits per heavy atom. The van der Waals surface area contributed by atoms with Crippen molar-refractivity contribution in [3.63, 3.8) is 0 Å². The lowest BCUT2D eigenvalue weighted by Crippen LogP contribution is -2.14. The van der Waals surface area contributed by atoms with Crippen LogP contribution in [0.1, 0.15) is 17.4 Å². The maximum atomic E-state index is 12.4. The molecule has 164 valence electrons. The van der Waals surface area contributed by atoms with Gasteiger partial charge in [-0.3, -0.25) is 14.9 Å². The first kappa shape index (κ1) is 21.6. The zero-order valence-electron chi connectivity index (χ0n) is 16.7. The molecular weight excluding hydrogens is 454 g/mol. The number of aromatic nitrogens is 3. The molecule has 0 aliphatic heterocycles. The van der Waals surface area contributed by atoms with Crippen molar-refractivity contribution in [2.75, 3.05) is 23.0 Å². The van der Waals surface area contributed by atoms with E-state index < -0.39 is 5.91 Å². The molecular formula is C20H17N5O5S2. The van der Waals surface area contributed by atoms with Gasteiger partial charge in [0.25, 0.3) is 5.91 Å². The molecule has 0 spiro atoms. The van der Waals surface area contributed by atoms with Gasteiger partial charge in [-0.05, 0) is 31.2 Å². The lowest BCUT2D eigenvalue weighted by Gasteiger charge is -2.10. The van der Waals surface area contributed by atoms with Crippen LogP contribution in [0.3, 0.4) is 0 Å². The molecule has 0 atom stereocenters. The molecule has 12 heteroatoms. The van der Waals surface area contributed by atoms with E-state index in [1.54, 1.807) is 24.3 Å². The molecule has 2 amide bonds. The quantitative estimate of drug-likeness (QED) is 0.273. The van der Waals surface area contributed by atoms with E-state index in [0.29, 0.717) is 33.9 Å². The molecule has 0 saturated carbocycles. The molecule has 0 saturated heterocycles. The average molecular weight is 472 g/mol. The molecule has 3 heterocycles. The molecule has 10 nitrogen and oxygen atoms in total. The monoisotopic (exact) mass is 471 g/mol. The molecule has 3 aromatic heterocycles. The number of para-hydroxylation sites is 2. The number of anilines is 2. The van der Waals surface area contributed by atoms with Crippen molar-refractivity contribution in [3.05, 3.63) is 54.4 Å². The number of rotatable bonds is 9. The fourth-order valence-electron chi connectivity index (χ4n) is 2.56. The van der Waals surface area contributed by atoms with Crippen LogP contribution in [-0.4, -0.2) is 39.5 Å². The summed E-state index contributed by atoms with van der Waals surface area (Å²) in [5, 5.41) is 17.4. The molecule has 32 heavy (non-hydrogen) atoms. The van der Waals surface area contributed by atoms with E-state index in [1.807, 2.05) is 19.1 Å². The van der Waals surface area contributed by atoms with E-state index >= 15 is 0 Å². The predicted molar refractivity (Wildman–Crippen MR) is 119 cm³/mol. The summed E-state index contributed by atoms with van der Waals surface area (Å²) in [6.07, 6.45) is 1.50. The second-order valence-corrected chi connectivity index (χ2v) is 8.35. The van der Waals surface area contributed by atoms with Crippen molar-refractivity contribution in [2.24, 2.45) is 0 Å². The first-order valence-electron chi connectivity index (χ1n) is 9.42. The minimum atomic E-state index is -0.496. The van der Waals surface area contributed by atoms with Gasteiger partial charge in [-0.25, -0.2) is 0 Å². The molecule has 4 aromatic rings. The molecule has 0 bridgehead atoms. The van der Waals surface area contributed by atoms with Crippen molar-refractivity contribution in [1.29, 1.82) is 0 Å². The molecule has 0 fully saturated rings. The SMILES string of the molecule is CCOc1ccccc1NC(=O)CSc1nnc(NC(=O)c2cc(-c3ccco3)on2)s1. The zero-order chi connectivity index (χ0) is 22.3. The van der Waals surface area contributed by atoms with Crippen LogP contribution in [0.25, 0.3) is 11.5 Å². The first-order valence-corrected chi connectivity index (χ1v) is 11.2. The van der Waals surface area contributed by atoms with Gasteiger partial charge in [0.15, 0.2) is 15.8 Å². The minimum Gasteiger partial charge on any atom is -0.492 e. The molecule has 0 aliphatic carbocycles. The Morgan fingerprint density at radius 3 is 2.81 bits per heavy atom. The van der Waals surface area contributed by atoms with E-state index in [1.165, 1.54) is 24.1 Å². The number of amides is 2. The maximum absolute atomic E-state index is 12.4. The molecule has 4 rings (SSSR count). The van der Waals surface area contributed by atoms with E-state index in [-0.39, 0.29) is 22.5 Å². The third-order valence-corrected chi connectivity index (χ3v) is 5.89. The number of benzene rings is 1. The van der Waals surface area contributed by atoms with Crippen LogP contribution in [0.4, 0.5) is 10.8 Å². The molecule has 0 unspecified atom stereocenters. The van der Waals surface area contributed by atoms with E-state index in [2.05, 4.69) is 26.0 Å². The van der Waals surface area contributed by atoms with Crippen LogP contribution >= 0.6 is 23.1 Å². The highest BCUT2D eigenvalue weighted by atomic mass is 32.2. The molecule has 0 radical (unpaired) electrons. The smallest absolute Gasteiger partial charge is 0.279 e. The fraction of sp³-hybridized carbons (Fsp3) is 0.150. The normalized spacial score (nSPS) is 10.7. The van der Waals surface area contributed by atoms with E-state index in [9.17, 15) is 9.59 Å². The standard InChI is InChI=1S/C20H17N5O5S2/c1-2-28-14-7-4-3-6-12(14)21-17(26)11-31-20-24-23-19(32-20)22-18(27)13-10-16(30-25-13)15-8-5-9-29-15/h3-10H,2,11H2,1H3,(H,21,26)(H,22,23,27). The molecule has 2 N–H and O–H groups in total. The summed E-state index contributed by atoms with van der Waals surface area (Å²) in [6, 6.07) is 12.1. The third kappa shape index (κ3) is 5.34. The largest absolute Gasteiger partial charge is 0.492 e. The Labute approximate surface area is 190 Å². The van der Waals surface area contributed by atoms with Gasteiger partial charge in [-0.1, -0.05) is 40.4 Å². The van der Waals surface area contributed by atoms with Gasteiger partial charge >= 0.3 is 0 Å². The second kappa shape index (κ2) is 10.1. The Morgan fingerprint density at radius 1 is 1.12 bits per heavy atom. The Kier molecular flexibility index (Phi) is 6.82. The third-order valence-electron chi connectivity index (χ3n) is 3.92. The van der Waals surface area contributed by atoms with Crippen LogP contribution in [0, 0.1) is 0 Å². The number of hydrogen-bond donors (Lipinski definition) is 2. The second-order valence-electron chi connectivity index (χ2n) is 6.15. The number of carbonyl (C=O) groups excluding carboxylic acids is 2. The van der Waals surface area contributed by atoms with Crippen molar-refractivity contribution >= 4 is 45.7 Å². The van der Waals surface area contributed by atoms with Crippen LogP contribution in [-0.2, 0) is 4.79 Å². The Bertz CT molecular complexity index is 1200. The minimum absolute atomic E-state index is 0.0770. The predicted octanol–water partition coefficient (Wildman–Crippen LogP) is 4.17. The van der Waals surface area contributed by atoms with E-state index in [4.69, 9.17) is 13.7 Å². The van der Waals surface area contributed by atoms with Crippen LogP contribution in [0.15, 0.2) is 62.0 Å². The van der Waals surface area contributed by atoms with Crippen LogP contribution in [0.5, 0.6) is 5.75 Å².